The maximum Gasteiger partial charge on any atom is 0.0700 e. The molecular formula is C27H38N2. The molecule has 156 valence electrons. The van der Waals surface area contributed by atoms with Gasteiger partial charge in [-0.15, -0.1) is 0 Å². The van der Waals surface area contributed by atoms with Gasteiger partial charge in [0.15, 0.2) is 0 Å². The van der Waals surface area contributed by atoms with E-state index in [4.69, 9.17) is 5.10 Å². The zero-order valence-electron chi connectivity index (χ0n) is 19.5. The van der Waals surface area contributed by atoms with Crippen molar-refractivity contribution in [2.75, 3.05) is 11.6 Å². The van der Waals surface area contributed by atoms with E-state index in [0.29, 0.717) is 0 Å². The number of nitrogens with zero attached hydrogens (tertiary/aromatic N) is 2. The number of hydrogen-bond acceptors (Lipinski definition) is 2. The minimum absolute atomic E-state index is 0.128. The summed E-state index contributed by atoms with van der Waals surface area (Å²) in [6.45, 7) is 17.0. The average Bonchev–Trinajstić information content (AvgIpc) is 3.15. The second kappa shape index (κ2) is 8.34. The van der Waals surface area contributed by atoms with E-state index in [1.54, 1.807) is 0 Å². The topological polar surface area (TPSA) is 15.6 Å². The van der Waals surface area contributed by atoms with Gasteiger partial charge < -0.3 is 0 Å². The van der Waals surface area contributed by atoms with E-state index in [9.17, 15) is 0 Å². The third kappa shape index (κ3) is 5.29. The molecule has 1 aliphatic heterocycles. The Morgan fingerprint density at radius 1 is 0.862 bits per heavy atom. The molecule has 0 aliphatic carbocycles. The largest absolute Gasteiger partial charge is 0.265 e. The highest BCUT2D eigenvalue weighted by molar-refractivity contribution is 6.03. The van der Waals surface area contributed by atoms with Crippen molar-refractivity contribution >= 4 is 11.4 Å². The van der Waals surface area contributed by atoms with Gasteiger partial charge in [-0.05, 0) is 70.2 Å². The molecule has 2 aromatic rings. The molecule has 0 bridgehead atoms. The van der Waals surface area contributed by atoms with E-state index in [1.165, 1.54) is 52.9 Å². The summed E-state index contributed by atoms with van der Waals surface area (Å²) < 4.78 is 0. The second-order valence-corrected chi connectivity index (χ2v) is 10.5. The van der Waals surface area contributed by atoms with Crippen LogP contribution in [0.25, 0.3) is 0 Å². The lowest BCUT2D eigenvalue weighted by Gasteiger charge is -2.26. The summed E-state index contributed by atoms with van der Waals surface area (Å²) in [5, 5.41) is 7.18. The third-order valence-electron chi connectivity index (χ3n) is 5.85. The Kier molecular flexibility index (Phi) is 6.22. The molecule has 0 spiro atoms. The summed E-state index contributed by atoms with van der Waals surface area (Å²) in [5.74, 6) is 0. The smallest absolute Gasteiger partial charge is 0.0700 e. The average molecular weight is 391 g/mol. The number of aryl methyl sites for hydroxylation is 1. The molecule has 3 rings (SSSR count). The SMILES string of the molecule is CCCCc1ccc(N2CCC(c3cc(C(C)(C)C)cc(C(C)(C)C)c3)=N2)cc1. The predicted molar refractivity (Wildman–Crippen MR) is 127 cm³/mol. The Morgan fingerprint density at radius 3 is 1.97 bits per heavy atom. The van der Waals surface area contributed by atoms with E-state index in [0.717, 1.165) is 13.0 Å². The fraction of sp³-hybridized carbons (Fsp3) is 0.519. The van der Waals surface area contributed by atoms with Crippen LogP contribution in [0.2, 0.25) is 0 Å². The first-order chi connectivity index (χ1) is 13.6. The van der Waals surface area contributed by atoms with Crippen molar-refractivity contribution < 1.29 is 0 Å². The Morgan fingerprint density at radius 2 is 1.45 bits per heavy atom. The van der Waals surface area contributed by atoms with Gasteiger partial charge in [0.25, 0.3) is 0 Å². The number of rotatable bonds is 5. The third-order valence-corrected chi connectivity index (χ3v) is 5.85. The maximum atomic E-state index is 5.02. The van der Waals surface area contributed by atoms with E-state index in [2.05, 4.69) is 95.9 Å². The minimum Gasteiger partial charge on any atom is -0.265 e. The van der Waals surface area contributed by atoms with Crippen LogP contribution in [0.5, 0.6) is 0 Å². The molecule has 0 unspecified atom stereocenters. The fourth-order valence-electron chi connectivity index (χ4n) is 3.72. The molecule has 0 atom stereocenters. The maximum absolute atomic E-state index is 5.02. The van der Waals surface area contributed by atoms with Gasteiger partial charge in [0.1, 0.15) is 0 Å². The standard InChI is InChI=1S/C27H38N2/c1-8-9-10-20-11-13-24(14-12-20)29-16-15-25(28-29)21-17-22(26(2,3)4)19-23(18-21)27(5,6)7/h11-14,17-19H,8-10,15-16H2,1-7H3. The van der Waals surface area contributed by atoms with Gasteiger partial charge in [-0.2, -0.15) is 5.10 Å². The van der Waals surface area contributed by atoms with Gasteiger partial charge in [0, 0.05) is 13.0 Å². The molecule has 0 aromatic heterocycles. The van der Waals surface area contributed by atoms with E-state index in [1.807, 2.05) is 0 Å². The molecule has 0 amide bonds. The van der Waals surface area contributed by atoms with Crippen LogP contribution in [0.1, 0.15) is 90.0 Å². The van der Waals surface area contributed by atoms with E-state index >= 15 is 0 Å². The van der Waals surface area contributed by atoms with Crippen LogP contribution < -0.4 is 5.01 Å². The summed E-state index contributed by atoms with van der Waals surface area (Å²) in [7, 11) is 0. The van der Waals surface area contributed by atoms with Crippen molar-refractivity contribution in [1.82, 2.24) is 0 Å². The minimum atomic E-state index is 0.128. The highest BCUT2D eigenvalue weighted by atomic mass is 15.5. The van der Waals surface area contributed by atoms with Gasteiger partial charge in [0.2, 0.25) is 0 Å². The van der Waals surface area contributed by atoms with Crippen molar-refractivity contribution in [3.05, 3.63) is 64.7 Å². The molecular weight excluding hydrogens is 352 g/mol. The summed E-state index contributed by atoms with van der Waals surface area (Å²) in [6, 6.07) is 16.1. The Labute approximate surface area is 178 Å². The number of hydrogen-bond donors (Lipinski definition) is 0. The van der Waals surface area contributed by atoms with Crippen molar-refractivity contribution in [2.24, 2.45) is 5.10 Å². The van der Waals surface area contributed by atoms with Crippen LogP contribution in [0.15, 0.2) is 47.6 Å². The molecule has 0 radical (unpaired) electrons. The predicted octanol–water partition coefficient (Wildman–Crippen LogP) is 7.24. The van der Waals surface area contributed by atoms with Crippen molar-refractivity contribution in [1.29, 1.82) is 0 Å². The summed E-state index contributed by atoms with van der Waals surface area (Å²) >= 11 is 0. The molecule has 2 nitrogen and oxygen atoms in total. The lowest BCUT2D eigenvalue weighted by molar-refractivity contribution is 0.568. The first kappa shape index (κ1) is 21.6. The number of unbranched alkanes of at least 4 members (excludes halogenated alkanes) is 1. The van der Waals surface area contributed by atoms with Gasteiger partial charge in [-0.1, -0.05) is 73.1 Å². The van der Waals surface area contributed by atoms with E-state index < -0.39 is 0 Å². The normalized spacial score (nSPS) is 15.0. The van der Waals surface area contributed by atoms with Crippen molar-refractivity contribution in [3.63, 3.8) is 0 Å². The molecule has 2 heteroatoms. The van der Waals surface area contributed by atoms with Gasteiger partial charge in [0.05, 0.1) is 11.4 Å². The molecule has 1 heterocycles. The molecule has 0 N–H and O–H groups in total. The monoisotopic (exact) mass is 390 g/mol. The van der Waals surface area contributed by atoms with Crippen LogP contribution in [0.3, 0.4) is 0 Å². The van der Waals surface area contributed by atoms with Crippen LogP contribution >= 0.6 is 0 Å². The number of benzene rings is 2. The van der Waals surface area contributed by atoms with Gasteiger partial charge in [-0.25, -0.2) is 0 Å². The molecule has 1 aliphatic rings. The van der Waals surface area contributed by atoms with Gasteiger partial charge in [-0.3, -0.25) is 5.01 Å². The molecule has 29 heavy (non-hydrogen) atoms. The zero-order valence-corrected chi connectivity index (χ0v) is 19.5. The quantitative estimate of drug-likeness (QED) is 0.525. The number of anilines is 1. The number of hydrazone groups is 1. The Bertz CT molecular complexity index is 829. The van der Waals surface area contributed by atoms with Gasteiger partial charge >= 0.3 is 0 Å². The molecule has 0 fully saturated rings. The van der Waals surface area contributed by atoms with Crippen molar-refractivity contribution in [2.45, 2.75) is 85.0 Å². The zero-order chi connectivity index (χ0) is 21.2. The van der Waals surface area contributed by atoms with E-state index in [-0.39, 0.29) is 10.8 Å². The van der Waals surface area contributed by atoms with Crippen LogP contribution in [0.4, 0.5) is 5.69 Å². The lowest BCUT2D eigenvalue weighted by atomic mass is 9.79. The fourth-order valence-corrected chi connectivity index (χ4v) is 3.72. The highest BCUT2D eigenvalue weighted by Crippen LogP contribution is 2.32. The van der Waals surface area contributed by atoms with Crippen molar-refractivity contribution in [3.8, 4) is 0 Å². The molecule has 0 saturated carbocycles. The second-order valence-electron chi connectivity index (χ2n) is 10.5. The first-order valence-corrected chi connectivity index (χ1v) is 11.2. The first-order valence-electron chi connectivity index (χ1n) is 11.2. The molecule has 2 aromatic carbocycles. The lowest BCUT2D eigenvalue weighted by Crippen LogP contribution is -2.18. The Hall–Kier alpha value is -2.09. The Balaban J connectivity index is 1.89. The highest BCUT2D eigenvalue weighted by Gasteiger charge is 2.24. The van der Waals surface area contributed by atoms with Crippen LogP contribution in [0, 0.1) is 0 Å². The summed E-state index contributed by atoms with van der Waals surface area (Å²) in [5.41, 5.74) is 8.14. The molecule has 0 saturated heterocycles. The van der Waals surface area contributed by atoms with Crippen LogP contribution in [-0.4, -0.2) is 12.3 Å². The summed E-state index contributed by atoms with van der Waals surface area (Å²) in [6.07, 6.45) is 4.66. The van der Waals surface area contributed by atoms with Crippen LogP contribution in [-0.2, 0) is 17.3 Å². The summed E-state index contributed by atoms with van der Waals surface area (Å²) in [4.78, 5) is 0.